The highest BCUT2D eigenvalue weighted by molar-refractivity contribution is 9.10. The third-order valence-corrected chi connectivity index (χ3v) is 2.73. The molecule has 0 aliphatic carbocycles. The summed E-state index contributed by atoms with van der Waals surface area (Å²) in [4.78, 5) is 1.82. The predicted octanol–water partition coefficient (Wildman–Crippen LogP) is 1.94. The lowest BCUT2D eigenvalue weighted by Crippen LogP contribution is -2.26. The van der Waals surface area contributed by atoms with Crippen LogP contribution in [0, 0.1) is 11.3 Å². The van der Waals surface area contributed by atoms with Crippen molar-refractivity contribution in [3.8, 4) is 6.07 Å². The standard InChI is InChI=1S/C11H13BrN2O/c1-14(6-7-15)11(8-13)9-2-4-10(12)5-3-9/h2-5,11,15H,6-7H2,1H3. The number of aliphatic hydroxyl groups excluding tert-OH is 1. The van der Waals surface area contributed by atoms with Crippen molar-refractivity contribution in [1.29, 1.82) is 5.26 Å². The van der Waals surface area contributed by atoms with E-state index in [2.05, 4.69) is 22.0 Å². The van der Waals surface area contributed by atoms with Crippen LogP contribution in [-0.2, 0) is 0 Å². The summed E-state index contributed by atoms with van der Waals surface area (Å²) in [5.41, 5.74) is 0.941. The van der Waals surface area contributed by atoms with Crippen LogP contribution in [0.1, 0.15) is 11.6 Å². The third kappa shape index (κ3) is 3.31. The Balaban J connectivity index is 2.84. The molecule has 1 N–H and O–H groups in total. The molecular weight excluding hydrogens is 256 g/mol. The van der Waals surface area contributed by atoms with Gasteiger partial charge >= 0.3 is 0 Å². The first kappa shape index (κ1) is 12.2. The number of nitrogens with zero attached hydrogens (tertiary/aromatic N) is 2. The second-order valence-corrected chi connectivity index (χ2v) is 4.20. The van der Waals surface area contributed by atoms with E-state index in [1.807, 2.05) is 36.2 Å². The van der Waals surface area contributed by atoms with Gasteiger partial charge in [-0.2, -0.15) is 5.26 Å². The molecule has 0 spiro atoms. The summed E-state index contributed by atoms with van der Waals surface area (Å²) in [6.07, 6.45) is 0. The van der Waals surface area contributed by atoms with Crippen LogP contribution >= 0.6 is 15.9 Å². The van der Waals surface area contributed by atoms with Crippen molar-refractivity contribution < 1.29 is 5.11 Å². The summed E-state index contributed by atoms with van der Waals surface area (Å²) in [6.45, 7) is 0.555. The van der Waals surface area contributed by atoms with Crippen molar-refractivity contribution in [3.63, 3.8) is 0 Å². The van der Waals surface area contributed by atoms with Crippen LogP contribution in [0.4, 0.5) is 0 Å². The summed E-state index contributed by atoms with van der Waals surface area (Å²) in [7, 11) is 1.83. The Labute approximate surface area is 98.1 Å². The first-order valence-electron chi connectivity index (χ1n) is 4.65. The minimum Gasteiger partial charge on any atom is -0.395 e. The van der Waals surface area contributed by atoms with E-state index in [0.29, 0.717) is 6.54 Å². The van der Waals surface area contributed by atoms with Crippen molar-refractivity contribution in [3.05, 3.63) is 34.3 Å². The smallest absolute Gasteiger partial charge is 0.123 e. The van der Waals surface area contributed by atoms with E-state index in [-0.39, 0.29) is 12.6 Å². The monoisotopic (exact) mass is 268 g/mol. The van der Waals surface area contributed by atoms with Crippen LogP contribution in [-0.4, -0.2) is 30.2 Å². The Morgan fingerprint density at radius 2 is 2.07 bits per heavy atom. The second-order valence-electron chi connectivity index (χ2n) is 3.29. The fourth-order valence-corrected chi connectivity index (χ4v) is 1.62. The van der Waals surface area contributed by atoms with E-state index < -0.39 is 0 Å². The highest BCUT2D eigenvalue weighted by Crippen LogP contribution is 2.20. The van der Waals surface area contributed by atoms with Crippen LogP contribution in [0.2, 0.25) is 0 Å². The first-order valence-corrected chi connectivity index (χ1v) is 5.44. The topological polar surface area (TPSA) is 47.3 Å². The average Bonchev–Trinajstić information content (AvgIpc) is 2.22. The Morgan fingerprint density at radius 1 is 1.47 bits per heavy atom. The average molecular weight is 269 g/mol. The summed E-state index contributed by atoms with van der Waals surface area (Å²) in [5, 5.41) is 17.9. The number of aliphatic hydroxyl groups is 1. The highest BCUT2D eigenvalue weighted by Gasteiger charge is 2.15. The van der Waals surface area contributed by atoms with Gasteiger partial charge in [-0.3, -0.25) is 4.90 Å². The molecule has 0 saturated carbocycles. The van der Waals surface area contributed by atoms with Gasteiger partial charge in [0.2, 0.25) is 0 Å². The van der Waals surface area contributed by atoms with Gasteiger partial charge in [0, 0.05) is 11.0 Å². The van der Waals surface area contributed by atoms with E-state index in [4.69, 9.17) is 10.4 Å². The van der Waals surface area contributed by atoms with Crippen LogP contribution in [0.15, 0.2) is 28.7 Å². The summed E-state index contributed by atoms with van der Waals surface area (Å²) in [5.74, 6) is 0. The van der Waals surface area contributed by atoms with E-state index >= 15 is 0 Å². The number of halogens is 1. The lowest BCUT2D eigenvalue weighted by atomic mass is 10.1. The maximum absolute atomic E-state index is 9.06. The van der Waals surface area contributed by atoms with Gasteiger partial charge in [-0.15, -0.1) is 0 Å². The van der Waals surface area contributed by atoms with Gasteiger partial charge in [0.05, 0.1) is 12.7 Å². The molecule has 1 aromatic carbocycles. The van der Waals surface area contributed by atoms with Gasteiger partial charge < -0.3 is 5.11 Å². The van der Waals surface area contributed by atoms with Crippen LogP contribution < -0.4 is 0 Å². The Bertz CT molecular complexity index is 345. The molecule has 3 nitrogen and oxygen atoms in total. The minimum absolute atomic E-state index is 0.0607. The zero-order chi connectivity index (χ0) is 11.3. The zero-order valence-corrected chi connectivity index (χ0v) is 10.1. The Kier molecular flexibility index (Phi) is 4.76. The van der Waals surface area contributed by atoms with E-state index in [1.165, 1.54) is 0 Å². The molecule has 0 heterocycles. The number of nitriles is 1. The van der Waals surface area contributed by atoms with Crippen LogP contribution in [0.5, 0.6) is 0 Å². The number of likely N-dealkylation sites (N-methyl/N-ethyl adjacent to an activating group) is 1. The van der Waals surface area contributed by atoms with E-state index in [0.717, 1.165) is 10.0 Å². The SMILES string of the molecule is CN(CCO)C(C#N)c1ccc(Br)cc1. The molecule has 0 aliphatic rings. The van der Waals surface area contributed by atoms with Gasteiger partial charge in [-0.1, -0.05) is 28.1 Å². The molecule has 4 heteroatoms. The molecule has 1 aromatic rings. The molecule has 0 aromatic heterocycles. The lowest BCUT2D eigenvalue weighted by Gasteiger charge is -2.21. The number of benzene rings is 1. The lowest BCUT2D eigenvalue weighted by molar-refractivity contribution is 0.203. The third-order valence-electron chi connectivity index (χ3n) is 2.20. The van der Waals surface area contributed by atoms with Gasteiger partial charge in [0.1, 0.15) is 6.04 Å². The minimum atomic E-state index is -0.301. The van der Waals surface area contributed by atoms with Gasteiger partial charge in [-0.25, -0.2) is 0 Å². The van der Waals surface area contributed by atoms with Crippen molar-refractivity contribution in [1.82, 2.24) is 4.90 Å². The first-order chi connectivity index (χ1) is 7.19. The molecule has 0 fully saturated rings. The number of hydrogen-bond donors (Lipinski definition) is 1. The summed E-state index contributed by atoms with van der Waals surface area (Å²) in [6, 6.07) is 9.56. The largest absolute Gasteiger partial charge is 0.395 e. The maximum Gasteiger partial charge on any atom is 0.123 e. The fraction of sp³-hybridized carbons (Fsp3) is 0.364. The van der Waals surface area contributed by atoms with Crippen molar-refractivity contribution >= 4 is 15.9 Å². The summed E-state index contributed by atoms with van der Waals surface area (Å²) < 4.78 is 0.993. The van der Waals surface area contributed by atoms with Crippen molar-refractivity contribution in [2.24, 2.45) is 0 Å². The van der Waals surface area contributed by atoms with Gasteiger partial charge in [0.25, 0.3) is 0 Å². The molecule has 80 valence electrons. The fourth-order valence-electron chi connectivity index (χ4n) is 1.36. The van der Waals surface area contributed by atoms with Crippen LogP contribution in [0.25, 0.3) is 0 Å². The molecule has 0 radical (unpaired) electrons. The molecule has 1 unspecified atom stereocenters. The number of rotatable bonds is 4. The number of hydrogen-bond acceptors (Lipinski definition) is 3. The summed E-state index contributed by atoms with van der Waals surface area (Å²) >= 11 is 3.35. The molecule has 1 atom stereocenters. The molecule has 0 bridgehead atoms. The molecule has 15 heavy (non-hydrogen) atoms. The quantitative estimate of drug-likeness (QED) is 0.908. The Morgan fingerprint density at radius 3 is 2.53 bits per heavy atom. The molecule has 0 aliphatic heterocycles. The second kappa shape index (κ2) is 5.86. The molecular formula is C11H13BrN2O. The van der Waals surface area contributed by atoms with Crippen LogP contribution in [0.3, 0.4) is 0 Å². The molecule has 0 amide bonds. The van der Waals surface area contributed by atoms with Gasteiger partial charge in [-0.05, 0) is 24.7 Å². The predicted molar refractivity (Wildman–Crippen MR) is 62.2 cm³/mol. The van der Waals surface area contributed by atoms with E-state index in [9.17, 15) is 0 Å². The zero-order valence-electron chi connectivity index (χ0n) is 8.52. The van der Waals surface area contributed by atoms with Crippen molar-refractivity contribution in [2.75, 3.05) is 20.2 Å². The highest BCUT2D eigenvalue weighted by atomic mass is 79.9. The van der Waals surface area contributed by atoms with Gasteiger partial charge in [0.15, 0.2) is 0 Å². The van der Waals surface area contributed by atoms with E-state index in [1.54, 1.807) is 0 Å². The Hall–Kier alpha value is -0.890. The molecule has 1 rings (SSSR count). The normalized spacial score (nSPS) is 12.5. The molecule has 0 saturated heterocycles. The maximum atomic E-state index is 9.06. The van der Waals surface area contributed by atoms with Crippen molar-refractivity contribution in [2.45, 2.75) is 6.04 Å².